The molecule has 3 rings (SSSR count). The van der Waals surface area contributed by atoms with Crippen LogP contribution in [0, 0.1) is 34.3 Å². The molecule has 150 valence electrons. The van der Waals surface area contributed by atoms with Gasteiger partial charge in [-0.25, -0.2) is 8.78 Å². The molecule has 2 aromatic rings. The van der Waals surface area contributed by atoms with Gasteiger partial charge >= 0.3 is 0 Å². The van der Waals surface area contributed by atoms with Crippen molar-refractivity contribution in [3.63, 3.8) is 0 Å². The molecule has 0 saturated carbocycles. The largest absolute Gasteiger partial charge is 0.312 e. The Morgan fingerprint density at radius 3 is 2.21 bits per heavy atom. The molecule has 3 atom stereocenters. The summed E-state index contributed by atoms with van der Waals surface area (Å²) in [4.78, 5) is 0. The predicted molar refractivity (Wildman–Crippen MR) is 111 cm³/mol. The van der Waals surface area contributed by atoms with Crippen molar-refractivity contribution in [3.05, 3.63) is 69.7 Å². The van der Waals surface area contributed by atoms with Crippen molar-refractivity contribution in [3.8, 4) is 6.07 Å². The summed E-state index contributed by atoms with van der Waals surface area (Å²) in [5.41, 5.74) is 1.40. The van der Waals surface area contributed by atoms with E-state index in [1.165, 1.54) is 5.56 Å². The van der Waals surface area contributed by atoms with Gasteiger partial charge in [0.15, 0.2) is 0 Å². The van der Waals surface area contributed by atoms with Crippen molar-refractivity contribution in [1.82, 2.24) is 5.32 Å². The molecule has 0 aromatic heterocycles. The van der Waals surface area contributed by atoms with Crippen LogP contribution in [0.3, 0.4) is 0 Å². The Bertz CT molecular complexity index is 793. The van der Waals surface area contributed by atoms with Crippen LogP contribution >= 0.6 is 23.2 Å². The van der Waals surface area contributed by atoms with E-state index in [1.807, 2.05) is 18.2 Å². The van der Waals surface area contributed by atoms with Gasteiger partial charge in [0.2, 0.25) is 0 Å². The van der Waals surface area contributed by atoms with Crippen molar-refractivity contribution < 1.29 is 8.78 Å². The average Bonchev–Trinajstić information content (AvgIpc) is 2.94. The lowest BCUT2D eigenvalue weighted by molar-refractivity contribution is 0.304. The van der Waals surface area contributed by atoms with Crippen molar-refractivity contribution in [2.75, 3.05) is 6.54 Å². The Morgan fingerprint density at radius 1 is 1.07 bits per heavy atom. The van der Waals surface area contributed by atoms with Gasteiger partial charge in [0.1, 0.15) is 11.6 Å². The van der Waals surface area contributed by atoms with Crippen LogP contribution in [-0.4, -0.2) is 12.6 Å². The second-order valence-electron chi connectivity index (χ2n) is 8.18. The molecule has 0 spiro atoms. The first-order valence-corrected chi connectivity index (χ1v) is 9.85. The Morgan fingerprint density at radius 2 is 1.71 bits per heavy atom. The zero-order valence-electron chi connectivity index (χ0n) is 16.1. The summed E-state index contributed by atoms with van der Waals surface area (Å²) in [6.45, 7) is 7.51. The molecule has 0 amide bonds. The van der Waals surface area contributed by atoms with E-state index in [9.17, 15) is 14.0 Å². The maximum atomic E-state index is 12.1. The topological polar surface area (TPSA) is 35.8 Å². The van der Waals surface area contributed by atoms with Crippen LogP contribution in [0.15, 0.2) is 42.5 Å². The van der Waals surface area contributed by atoms with Crippen LogP contribution < -0.4 is 5.32 Å². The first-order chi connectivity index (χ1) is 13.1. The minimum Gasteiger partial charge on any atom is -0.312 e. The smallest absolute Gasteiger partial charge is 0.127 e. The third-order valence-electron chi connectivity index (χ3n) is 4.55. The van der Waals surface area contributed by atoms with Crippen LogP contribution in [0.5, 0.6) is 0 Å². The minimum atomic E-state index is -0.653. The Kier molecular flexibility index (Phi) is 7.83. The van der Waals surface area contributed by atoms with E-state index in [1.54, 1.807) is 0 Å². The first-order valence-electron chi connectivity index (χ1n) is 9.09. The SMILES string of the molecule is CC(C)(C)CC1NCC(c2cccc(Cl)c2)C1C#N.Fc1cc(F)cc(Cl)c1. The van der Waals surface area contributed by atoms with Gasteiger partial charge in [-0.3, -0.25) is 0 Å². The molecule has 28 heavy (non-hydrogen) atoms. The maximum absolute atomic E-state index is 12.1. The molecule has 0 bridgehead atoms. The molecule has 1 aliphatic rings. The van der Waals surface area contributed by atoms with Gasteiger partial charge in [0.25, 0.3) is 0 Å². The van der Waals surface area contributed by atoms with Crippen LogP contribution in [0.2, 0.25) is 10.0 Å². The van der Waals surface area contributed by atoms with Gasteiger partial charge in [-0.1, -0.05) is 56.1 Å². The molecule has 2 nitrogen and oxygen atoms in total. The van der Waals surface area contributed by atoms with E-state index in [4.69, 9.17) is 23.2 Å². The van der Waals surface area contributed by atoms with Gasteiger partial charge in [0, 0.05) is 34.6 Å². The zero-order chi connectivity index (χ0) is 20.9. The van der Waals surface area contributed by atoms with Crippen LogP contribution in [0.25, 0.3) is 0 Å². The molecule has 1 saturated heterocycles. The highest BCUT2D eigenvalue weighted by Gasteiger charge is 2.38. The number of nitrogens with one attached hydrogen (secondary N) is 1. The summed E-state index contributed by atoms with van der Waals surface area (Å²) in [5, 5.41) is 13.8. The normalized spacial score (nSPS) is 21.6. The molecule has 1 aliphatic heterocycles. The fourth-order valence-corrected chi connectivity index (χ4v) is 3.84. The van der Waals surface area contributed by atoms with Gasteiger partial charge in [-0.2, -0.15) is 5.26 Å². The fourth-order valence-electron chi connectivity index (χ4n) is 3.43. The molecule has 0 aliphatic carbocycles. The third-order valence-corrected chi connectivity index (χ3v) is 5.01. The molecule has 0 radical (unpaired) electrons. The van der Waals surface area contributed by atoms with Crippen molar-refractivity contribution >= 4 is 23.2 Å². The number of nitrogens with zero attached hydrogens (tertiary/aromatic N) is 1. The van der Waals surface area contributed by atoms with E-state index < -0.39 is 11.6 Å². The number of hydrogen-bond donors (Lipinski definition) is 1. The highest BCUT2D eigenvalue weighted by atomic mass is 35.5. The molecule has 6 heteroatoms. The van der Waals surface area contributed by atoms with E-state index in [2.05, 4.69) is 38.2 Å². The quantitative estimate of drug-likeness (QED) is 0.589. The lowest BCUT2D eigenvalue weighted by atomic mass is 9.79. The van der Waals surface area contributed by atoms with E-state index in [-0.39, 0.29) is 28.3 Å². The maximum Gasteiger partial charge on any atom is 0.127 e. The van der Waals surface area contributed by atoms with Crippen molar-refractivity contribution in [2.24, 2.45) is 11.3 Å². The van der Waals surface area contributed by atoms with E-state index in [0.717, 1.165) is 36.2 Å². The Hall–Kier alpha value is -1.67. The van der Waals surface area contributed by atoms with E-state index in [0.29, 0.717) is 0 Å². The molecular formula is C22H24Cl2F2N2. The third kappa shape index (κ3) is 6.74. The monoisotopic (exact) mass is 424 g/mol. The van der Waals surface area contributed by atoms with E-state index >= 15 is 0 Å². The minimum absolute atomic E-state index is 0.0256. The van der Waals surface area contributed by atoms with Gasteiger partial charge in [-0.05, 0) is 41.7 Å². The van der Waals surface area contributed by atoms with Crippen LogP contribution in [0.1, 0.15) is 38.7 Å². The Labute approximate surface area is 175 Å². The molecule has 3 unspecified atom stereocenters. The van der Waals surface area contributed by atoms with Gasteiger partial charge in [0.05, 0.1) is 12.0 Å². The predicted octanol–water partition coefficient (Wildman–Crippen LogP) is 6.59. The summed E-state index contributed by atoms with van der Waals surface area (Å²) >= 11 is 11.3. The van der Waals surface area contributed by atoms with Crippen molar-refractivity contribution in [1.29, 1.82) is 5.26 Å². The number of nitriles is 1. The fraction of sp³-hybridized carbons (Fsp3) is 0.409. The zero-order valence-corrected chi connectivity index (χ0v) is 17.7. The number of halogens is 4. The molecule has 1 fully saturated rings. The standard InChI is InChI=1S/C16H21ClN2.C6H3ClF2/c1-16(2,3)8-15-13(9-18)14(10-19-15)11-5-4-6-12(17)7-11;7-4-1-5(8)3-6(9)2-4/h4-7,13-15,19H,8,10H2,1-3H3;1-3H. The molecule has 2 aromatic carbocycles. The lowest BCUT2D eigenvalue weighted by Gasteiger charge is -2.25. The molecule has 1 N–H and O–H groups in total. The summed E-state index contributed by atoms with van der Waals surface area (Å²) < 4.78 is 24.2. The summed E-state index contributed by atoms with van der Waals surface area (Å²) in [7, 11) is 0. The molecular weight excluding hydrogens is 401 g/mol. The second kappa shape index (κ2) is 9.69. The second-order valence-corrected chi connectivity index (χ2v) is 9.06. The first kappa shape index (κ1) is 22.6. The van der Waals surface area contributed by atoms with Gasteiger partial charge in [-0.15, -0.1) is 0 Å². The van der Waals surface area contributed by atoms with Crippen molar-refractivity contribution in [2.45, 2.75) is 39.2 Å². The van der Waals surface area contributed by atoms with Gasteiger partial charge < -0.3 is 5.32 Å². The number of hydrogen-bond acceptors (Lipinski definition) is 2. The number of rotatable bonds is 2. The number of benzene rings is 2. The van der Waals surface area contributed by atoms with Crippen LogP contribution in [0.4, 0.5) is 8.78 Å². The summed E-state index contributed by atoms with van der Waals surface area (Å²) in [5.74, 6) is -1.03. The highest BCUT2D eigenvalue weighted by Crippen LogP contribution is 2.37. The molecule has 1 heterocycles. The Balaban J connectivity index is 0.000000261. The summed E-state index contributed by atoms with van der Waals surface area (Å²) in [6, 6.07) is 13.5. The highest BCUT2D eigenvalue weighted by molar-refractivity contribution is 6.30. The summed E-state index contributed by atoms with van der Waals surface area (Å²) in [6.07, 6.45) is 1.02. The van der Waals surface area contributed by atoms with Crippen LogP contribution in [-0.2, 0) is 0 Å². The lowest BCUT2D eigenvalue weighted by Crippen LogP contribution is -2.31. The average molecular weight is 425 g/mol.